The number of alkyl halides is 3. The topological polar surface area (TPSA) is 82.3 Å². The number of hydrogen-bond acceptors (Lipinski definition) is 6. The van der Waals surface area contributed by atoms with E-state index in [2.05, 4.69) is 15.3 Å². The molecule has 0 spiro atoms. The van der Waals surface area contributed by atoms with Crippen LogP contribution in [-0.4, -0.2) is 41.4 Å². The molecule has 6 nitrogen and oxygen atoms in total. The molecule has 31 heavy (non-hydrogen) atoms. The normalized spacial score (nSPS) is 18.1. The van der Waals surface area contributed by atoms with Crippen LogP contribution in [0.2, 0.25) is 0 Å². The Morgan fingerprint density at radius 3 is 2.68 bits per heavy atom. The molecule has 1 fully saturated rings. The van der Waals surface area contributed by atoms with Crippen molar-refractivity contribution in [3.63, 3.8) is 0 Å². The molecule has 1 aliphatic heterocycles. The molecule has 0 aliphatic carbocycles. The summed E-state index contributed by atoms with van der Waals surface area (Å²) >= 11 is 0. The van der Waals surface area contributed by atoms with Gasteiger partial charge < -0.3 is 20.5 Å². The summed E-state index contributed by atoms with van der Waals surface area (Å²) in [5.74, 6) is 0.358. The number of aromatic nitrogens is 2. The number of hydrogen-bond donors (Lipinski definition) is 2. The molecule has 170 valence electrons. The lowest BCUT2D eigenvalue weighted by atomic mass is 9.93. The second-order valence-electron chi connectivity index (χ2n) is 8.81. The van der Waals surface area contributed by atoms with Crippen LogP contribution in [0, 0.1) is 5.92 Å². The Balaban J connectivity index is 1.80. The maximum absolute atomic E-state index is 13.7. The molecule has 1 aromatic heterocycles. The third-order valence-corrected chi connectivity index (χ3v) is 4.93. The van der Waals surface area contributed by atoms with Crippen molar-refractivity contribution < 1.29 is 22.6 Å². The van der Waals surface area contributed by atoms with Gasteiger partial charge in [0.1, 0.15) is 17.9 Å². The largest absolute Gasteiger partial charge is 0.493 e. The van der Waals surface area contributed by atoms with E-state index in [0.717, 1.165) is 12.5 Å². The van der Waals surface area contributed by atoms with Gasteiger partial charge >= 0.3 is 6.18 Å². The van der Waals surface area contributed by atoms with E-state index in [1.54, 1.807) is 12.1 Å². The van der Waals surface area contributed by atoms with Crippen LogP contribution in [0.15, 0.2) is 30.6 Å². The molecule has 2 unspecified atom stereocenters. The number of nitrogens with two attached hydrogens (primary N) is 1. The third-order valence-electron chi connectivity index (χ3n) is 4.93. The average molecular weight is 438 g/mol. The van der Waals surface area contributed by atoms with Crippen molar-refractivity contribution >= 4 is 5.82 Å². The van der Waals surface area contributed by atoms with Crippen LogP contribution in [0.5, 0.6) is 5.75 Å². The van der Waals surface area contributed by atoms with Gasteiger partial charge in [-0.15, -0.1) is 0 Å². The van der Waals surface area contributed by atoms with E-state index in [-0.39, 0.29) is 24.3 Å². The second kappa shape index (κ2) is 9.40. The molecule has 1 aliphatic rings. The van der Waals surface area contributed by atoms with Crippen LogP contribution >= 0.6 is 0 Å². The first-order chi connectivity index (χ1) is 14.5. The van der Waals surface area contributed by atoms with Crippen molar-refractivity contribution in [2.24, 2.45) is 11.7 Å². The summed E-state index contributed by atoms with van der Waals surface area (Å²) in [6.07, 6.45) is -1.74. The summed E-state index contributed by atoms with van der Waals surface area (Å²) in [6, 6.07) is 5.76. The molecule has 2 atom stereocenters. The summed E-state index contributed by atoms with van der Waals surface area (Å²) in [5.41, 5.74) is 5.48. The Bertz CT molecular complexity index is 878. The summed E-state index contributed by atoms with van der Waals surface area (Å²) < 4.78 is 52.1. The predicted molar refractivity (Wildman–Crippen MR) is 113 cm³/mol. The first kappa shape index (κ1) is 23.3. The quantitative estimate of drug-likeness (QED) is 0.631. The SMILES string of the molecule is CC(COc1ccc(-c2cc(NC3CCOC3)ncn2)cc1C(F)(F)F)CC(C)(C)N. The minimum atomic E-state index is -4.56. The van der Waals surface area contributed by atoms with E-state index in [4.69, 9.17) is 15.2 Å². The number of halogens is 3. The van der Waals surface area contributed by atoms with Gasteiger partial charge in [-0.1, -0.05) is 6.92 Å². The zero-order chi connectivity index (χ0) is 22.6. The molecule has 0 saturated carbocycles. The van der Waals surface area contributed by atoms with Gasteiger partial charge in [0, 0.05) is 23.8 Å². The van der Waals surface area contributed by atoms with E-state index in [1.807, 2.05) is 20.8 Å². The number of rotatable bonds is 8. The van der Waals surface area contributed by atoms with Gasteiger partial charge in [-0.3, -0.25) is 0 Å². The molecule has 9 heteroatoms. The van der Waals surface area contributed by atoms with E-state index < -0.39 is 17.3 Å². The highest BCUT2D eigenvalue weighted by Gasteiger charge is 2.35. The minimum Gasteiger partial charge on any atom is -0.493 e. The number of nitrogens with zero attached hydrogens (tertiary/aromatic N) is 2. The zero-order valence-corrected chi connectivity index (χ0v) is 18.0. The monoisotopic (exact) mass is 438 g/mol. The lowest BCUT2D eigenvalue weighted by molar-refractivity contribution is -0.139. The Morgan fingerprint density at radius 2 is 2.03 bits per heavy atom. The summed E-state index contributed by atoms with van der Waals surface area (Å²) in [4.78, 5) is 8.31. The Labute approximate surface area is 180 Å². The van der Waals surface area contributed by atoms with E-state index in [1.165, 1.54) is 12.4 Å². The van der Waals surface area contributed by atoms with Crippen LogP contribution < -0.4 is 15.8 Å². The highest BCUT2D eigenvalue weighted by molar-refractivity contribution is 5.65. The predicted octanol–water partition coefficient (Wildman–Crippen LogP) is 4.51. The molecule has 0 amide bonds. The molecule has 2 heterocycles. The van der Waals surface area contributed by atoms with Crippen molar-refractivity contribution in [3.8, 4) is 17.0 Å². The van der Waals surface area contributed by atoms with E-state index in [9.17, 15) is 13.2 Å². The van der Waals surface area contributed by atoms with Crippen molar-refractivity contribution in [1.82, 2.24) is 9.97 Å². The third kappa shape index (κ3) is 6.80. The van der Waals surface area contributed by atoms with Gasteiger partial charge in [0.15, 0.2) is 0 Å². The summed E-state index contributed by atoms with van der Waals surface area (Å²) in [5, 5.41) is 3.23. The number of nitrogens with one attached hydrogen (secondary N) is 1. The van der Waals surface area contributed by atoms with Gasteiger partial charge in [0.2, 0.25) is 0 Å². The molecule has 0 radical (unpaired) electrons. The minimum absolute atomic E-state index is 0.0100. The fourth-order valence-electron chi connectivity index (χ4n) is 3.68. The fraction of sp³-hybridized carbons (Fsp3) is 0.545. The summed E-state index contributed by atoms with van der Waals surface area (Å²) in [6.45, 7) is 7.06. The van der Waals surface area contributed by atoms with E-state index >= 15 is 0 Å². The standard InChI is InChI=1S/C22H29F3N4O2/c1-14(10-21(2,3)26)11-31-19-5-4-15(8-17(19)22(23,24)25)18-9-20(28-13-27-18)29-16-6-7-30-12-16/h4-5,8-9,13-14,16H,6-7,10-12,26H2,1-3H3,(H,27,28,29). The molecule has 0 bridgehead atoms. The number of ether oxygens (including phenoxy) is 2. The molecule has 3 rings (SSSR count). The second-order valence-corrected chi connectivity index (χ2v) is 8.81. The molecule has 1 aromatic carbocycles. The van der Waals surface area contributed by atoms with Crippen molar-refractivity contribution in [2.45, 2.75) is 51.4 Å². The van der Waals surface area contributed by atoms with Crippen LogP contribution in [0.3, 0.4) is 0 Å². The Morgan fingerprint density at radius 1 is 1.26 bits per heavy atom. The first-order valence-corrected chi connectivity index (χ1v) is 10.3. The molecular formula is C22H29F3N4O2. The van der Waals surface area contributed by atoms with Gasteiger partial charge in [0.25, 0.3) is 0 Å². The summed E-state index contributed by atoms with van der Waals surface area (Å²) in [7, 11) is 0. The molecule has 1 saturated heterocycles. The Hall–Kier alpha value is -2.39. The molecule has 3 N–H and O–H groups in total. The molecular weight excluding hydrogens is 409 g/mol. The average Bonchev–Trinajstić information content (AvgIpc) is 3.17. The lowest BCUT2D eigenvalue weighted by Crippen LogP contribution is -2.35. The van der Waals surface area contributed by atoms with Crippen molar-refractivity contribution in [2.75, 3.05) is 25.1 Å². The first-order valence-electron chi connectivity index (χ1n) is 10.3. The maximum atomic E-state index is 13.7. The highest BCUT2D eigenvalue weighted by atomic mass is 19.4. The van der Waals surface area contributed by atoms with Crippen LogP contribution in [0.25, 0.3) is 11.3 Å². The van der Waals surface area contributed by atoms with Gasteiger partial charge in [-0.2, -0.15) is 13.2 Å². The van der Waals surface area contributed by atoms with Gasteiger partial charge in [-0.05, 0) is 50.8 Å². The molecule has 2 aromatic rings. The Kier molecular flexibility index (Phi) is 7.06. The lowest BCUT2D eigenvalue weighted by Gasteiger charge is -2.24. The van der Waals surface area contributed by atoms with Crippen LogP contribution in [-0.2, 0) is 10.9 Å². The van der Waals surface area contributed by atoms with E-state index in [0.29, 0.717) is 36.7 Å². The van der Waals surface area contributed by atoms with Crippen LogP contribution in [0.1, 0.15) is 39.2 Å². The number of benzene rings is 1. The smallest absolute Gasteiger partial charge is 0.419 e. The highest BCUT2D eigenvalue weighted by Crippen LogP contribution is 2.39. The zero-order valence-electron chi connectivity index (χ0n) is 18.0. The van der Waals surface area contributed by atoms with Gasteiger partial charge in [-0.25, -0.2) is 9.97 Å². The van der Waals surface area contributed by atoms with Gasteiger partial charge in [0.05, 0.1) is 30.5 Å². The van der Waals surface area contributed by atoms with Crippen molar-refractivity contribution in [3.05, 3.63) is 36.2 Å². The van der Waals surface area contributed by atoms with Crippen LogP contribution in [0.4, 0.5) is 19.0 Å². The van der Waals surface area contributed by atoms with Crippen molar-refractivity contribution in [1.29, 1.82) is 0 Å². The number of anilines is 1. The maximum Gasteiger partial charge on any atom is 0.419 e. The fourth-order valence-corrected chi connectivity index (χ4v) is 3.68.